The van der Waals surface area contributed by atoms with Crippen molar-refractivity contribution in [2.24, 2.45) is 5.92 Å². The van der Waals surface area contributed by atoms with E-state index in [0.717, 1.165) is 17.2 Å². The van der Waals surface area contributed by atoms with Gasteiger partial charge in [0.25, 0.3) is 0 Å². The van der Waals surface area contributed by atoms with Crippen LogP contribution in [0, 0.1) is 5.92 Å². The Morgan fingerprint density at radius 3 is 2.69 bits per heavy atom. The molecule has 1 aromatic heterocycles. The van der Waals surface area contributed by atoms with Crippen molar-refractivity contribution in [3.8, 4) is 0 Å². The minimum Gasteiger partial charge on any atom is -0.366 e. The first-order chi connectivity index (χ1) is 6.25. The second-order valence-corrected chi connectivity index (χ2v) is 4.28. The molecule has 1 fully saturated rings. The van der Waals surface area contributed by atoms with E-state index in [4.69, 9.17) is 5.73 Å². The molecule has 1 heterocycles. The number of anilines is 1. The molecule has 1 aromatic rings. The van der Waals surface area contributed by atoms with Gasteiger partial charge in [-0.2, -0.15) is 4.98 Å². The molecule has 4 nitrogen and oxygen atoms in total. The van der Waals surface area contributed by atoms with Gasteiger partial charge in [-0.3, -0.25) is 0 Å². The maximum absolute atomic E-state index is 5.48. The molecule has 1 aliphatic rings. The number of hydrogen-bond donors (Lipinski definition) is 1. The summed E-state index contributed by atoms with van der Waals surface area (Å²) in [6.07, 6.45) is 5.33. The molecule has 1 saturated carbocycles. The van der Waals surface area contributed by atoms with Crippen LogP contribution >= 0.6 is 15.9 Å². The molecule has 0 amide bonds. The topological polar surface area (TPSA) is 56.7 Å². The molecule has 0 spiro atoms. The molecule has 0 saturated heterocycles. The molecule has 72 valence electrons. The lowest BCUT2D eigenvalue weighted by Crippen LogP contribution is -2.09. The van der Waals surface area contributed by atoms with Crippen molar-refractivity contribution in [3.63, 3.8) is 0 Å². The van der Waals surface area contributed by atoms with Crippen LogP contribution in [0.4, 0.5) is 5.95 Å². The Kier molecular flexibility index (Phi) is 2.53. The quantitative estimate of drug-likeness (QED) is 0.864. The SMILES string of the molecule is Nc1nc(Br)n(CC2CCCC2)n1. The molecule has 0 atom stereocenters. The number of nitrogen functional groups attached to an aromatic ring is 1. The fourth-order valence-electron chi connectivity index (χ4n) is 1.89. The molecule has 0 aromatic carbocycles. The van der Waals surface area contributed by atoms with E-state index in [0.29, 0.717) is 5.95 Å². The summed E-state index contributed by atoms with van der Waals surface area (Å²) < 4.78 is 2.60. The molecule has 13 heavy (non-hydrogen) atoms. The Balaban J connectivity index is 2.03. The minimum atomic E-state index is 0.352. The zero-order valence-corrected chi connectivity index (χ0v) is 9.00. The number of nitrogens with two attached hydrogens (primary N) is 1. The van der Waals surface area contributed by atoms with E-state index in [9.17, 15) is 0 Å². The van der Waals surface area contributed by atoms with Gasteiger partial charge in [0.2, 0.25) is 5.95 Å². The monoisotopic (exact) mass is 244 g/mol. The summed E-state index contributed by atoms with van der Waals surface area (Å²) in [5.74, 6) is 1.11. The van der Waals surface area contributed by atoms with E-state index in [1.165, 1.54) is 25.7 Å². The summed E-state index contributed by atoms with van der Waals surface area (Å²) in [5, 5.41) is 4.11. The predicted molar refractivity (Wildman–Crippen MR) is 54.1 cm³/mol. The first-order valence-electron chi connectivity index (χ1n) is 4.61. The summed E-state index contributed by atoms with van der Waals surface area (Å²) in [7, 11) is 0. The fourth-order valence-corrected chi connectivity index (χ4v) is 2.30. The maximum atomic E-state index is 5.48. The van der Waals surface area contributed by atoms with Gasteiger partial charge in [0.05, 0.1) is 0 Å². The third-order valence-corrected chi connectivity index (χ3v) is 3.14. The van der Waals surface area contributed by atoms with Gasteiger partial charge in [0.15, 0.2) is 4.73 Å². The van der Waals surface area contributed by atoms with Crippen molar-refractivity contribution < 1.29 is 0 Å². The number of nitrogens with zero attached hydrogens (tertiary/aromatic N) is 3. The van der Waals surface area contributed by atoms with Crippen molar-refractivity contribution in [1.82, 2.24) is 14.8 Å². The summed E-state index contributed by atoms with van der Waals surface area (Å²) in [6, 6.07) is 0. The molecule has 0 unspecified atom stereocenters. The zero-order valence-electron chi connectivity index (χ0n) is 7.41. The lowest BCUT2D eigenvalue weighted by Gasteiger charge is -2.08. The predicted octanol–water partition coefficient (Wildman–Crippen LogP) is 1.81. The van der Waals surface area contributed by atoms with Gasteiger partial charge in [-0.05, 0) is 34.7 Å². The number of halogens is 1. The van der Waals surface area contributed by atoms with Crippen LogP contribution < -0.4 is 5.73 Å². The highest BCUT2D eigenvalue weighted by Gasteiger charge is 2.17. The second-order valence-electron chi connectivity index (χ2n) is 3.57. The molecule has 0 bridgehead atoms. The molecule has 1 aliphatic carbocycles. The summed E-state index contributed by atoms with van der Waals surface area (Å²) in [6.45, 7) is 0.949. The van der Waals surface area contributed by atoms with E-state index in [-0.39, 0.29) is 0 Å². The van der Waals surface area contributed by atoms with E-state index in [1.807, 2.05) is 4.68 Å². The molecule has 2 rings (SSSR count). The third-order valence-electron chi connectivity index (χ3n) is 2.55. The molecule has 0 aliphatic heterocycles. The van der Waals surface area contributed by atoms with E-state index >= 15 is 0 Å². The fraction of sp³-hybridized carbons (Fsp3) is 0.750. The summed E-state index contributed by atoms with van der Waals surface area (Å²) >= 11 is 3.33. The van der Waals surface area contributed by atoms with Gasteiger partial charge in [-0.25, -0.2) is 4.68 Å². The van der Waals surface area contributed by atoms with Crippen molar-refractivity contribution in [1.29, 1.82) is 0 Å². The smallest absolute Gasteiger partial charge is 0.240 e. The van der Waals surface area contributed by atoms with Crippen LogP contribution in [0.3, 0.4) is 0 Å². The Bertz CT molecular complexity index is 290. The van der Waals surface area contributed by atoms with E-state index in [1.54, 1.807) is 0 Å². The number of rotatable bonds is 2. The van der Waals surface area contributed by atoms with Crippen LogP contribution in [0.2, 0.25) is 0 Å². The van der Waals surface area contributed by atoms with Crippen molar-refractivity contribution >= 4 is 21.9 Å². The Morgan fingerprint density at radius 1 is 1.46 bits per heavy atom. The normalized spacial score (nSPS) is 18.2. The Hall–Kier alpha value is -0.580. The van der Waals surface area contributed by atoms with Crippen LogP contribution in [-0.4, -0.2) is 14.8 Å². The van der Waals surface area contributed by atoms with Crippen molar-refractivity contribution in [2.75, 3.05) is 5.73 Å². The summed E-state index contributed by atoms with van der Waals surface area (Å²) in [5.41, 5.74) is 5.48. The van der Waals surface area contributed by atoms with Gasteiger partial charge in [0.1, 0.15) is 0 Å². The number of aromatic nitrogens is 3. The van der Waals surface area contributed by atoms with Crippen LogP contribution in [0.5, 0.6) is 0 Å². The lowest BCUT2D eigenvalue weighted by molar-refractivity contribution is 0.423. The molecule has 5 heteroatoms. The van der Waals surface area contributed by atoms with Crippen molar-refractivity contribution in [3.05, 3.63) is 4.73 Å². The van der Waals surface area contributed by atoms with Crippen LogP contribution in [0.15, 0.2) is 4.73 Å². The molecule has 2 N–H and O–H groups in total. The molecule has 0 radical (unpaired) electrons. The molecular formula is C8H13BrN4. The number of hydrogen-bond acceptors (Lipinski definition) is 3. The van der Waals surface area contributed by atoms with Crippen LogP contribution in [0.25, 0.3) is 0 Å². The zero-order chi connectivity index (χ0) is 9.26. The van der Waals surface area contributed by atoms with E-state index in [2.05, 4.69) is 26.0 Å². The van der Waals surface area contributed by atoms with Gasteiger partial charge in [-0.1, -0.05) is 12.8 Å². The van der Waals surface area contributed by atoms with Gasteiger partial charge in [-0.15, -0.1) is 5.10 Å². The van der Waals surface area contributed by atoms with Gasteiger partial charge >= 0.3 is 0 Å². The Morgan fingerprint density at radius 2 is 2.15 bits per heavy atom. The average molecular weight is 245 g/mol. The Labute approximate surface area is 85.6 Å². The first-order valence-corrected chi connectivity index (χ1v) is 5.41. The van der Waals surface area contributed by atoms with Gasteiger partial charge < -0.3 is 5.73 Å². The lowest BCUT2D eigenvalue weighted by atomic mass is 10.1. The molecular weight excluding hydrogens is 232 g/mol. The van der Waals surface area contributed by atoms with Crippen LogP contribution in [-0.2, 0) is 6.54 Å². The summed E-state index contributed by atoms with van der Waals surface area (Å²) in [4.78, 5) is 4.00. The van der Waals surface area contributed by atoms with Crippen molar-refractivity contribution in [2.45, 2.75) is 32.2 Å². The van der Waals surface area contributed by atoms with E-state index < -0.39 is 0 Å². The highest BCUT2D eigenvalue weighted by atomic mass is 79.9. The third kappa shape index (κ3) is 2.02. The highest BCUT2D eigenvalue weighted by molar-refractivity contribution is 9.10. The second kappa shape index (κ2) is 3.65. The first kappa shape index (κ1) is 8.99. The standard InChI is InChI=1S/C8H13BrN4/c9-7-11-8(10)12-13(7)5-6-3-1-2-4-6/h6H,1-5H2,(H2,10,12). The highest BCUT2D eigenvalue weighted by Crippen LogP contribution is 2.26. The average Bonchev–Trinajstić information content (AvgIpc) is 2.63. The minimum absolute atomic E-state index is 0.352. The largest absolute Gasteiger partial charge is 0.366 e. The van der Waals surface area contributed by atoms with Crippen LogP contribution in [0.1, 0.15) is 25.7 Å². The van der Waals surface area contributed by atoms with Gasteiger partial charge in [0, 0.05) is 6.54 Å². The maximum Gasteiger partial charge on any atom is 0.240 e.